The molecular formula is C19H24N4O2. The van der Waals surface area contributed by atoms with E-state index >= 15 is 0 Å². The topological polar surface area (TPSA) is 60.2 Å². The normalized spacial score (nSPS) is 22.5. The average molecular weight is 340 g/mol. The van der Waals surface area contributed by atoms with Crippen LogP contribution in [0.25, 0.3) is 0 Å². The zero-order chi connectivity index (χ0) is 17.4. The van der Waals surface area contributed by atoms with E-state index in [2.05, 4.69) is 16.3 Å². The van der Waals surface area contributed by atoms with E-state index in [4.69, 9.17) is 4.74 Å². The molecule has 2 aliphatic rings. The predicted octanol–water partition coefficient (Wildman–Crippen LogP) is 2.30. The molecule has 0 aromatic carbocycles. The summed E-state index contributed by atoms with van der Waals surface area (Å²) in [6, 6.07) is 3.75. The molecule has 2 aliphatic heterocycles. The van der Waals surface area contributed by atoms with Gasteiger partial charge in [-0.15, -0.1) is 0 Å². The highest BCUT2D eigenvalue weighted by molar-refractivity contribution is 5.94. The van der Waals surface area contributed by atoms with E-state index in [-0.39, 0.29) is 11.5 Å². The van der Waals surface area contributed by atoms with Crippen molar-refractivity contribution in [2.24, 2.45) is 7.05 Å². The molecule has 0 saturated carbocycles. The molecule has 2 aromatic rings. The molecule has 1 amide bonds. The van der Waals surface area contributed by atoms with Crippen molar-refractivity contribution in [2.45, 2.75) is 37.7 Å². The average Bonchev–Trinajstić information content (AvgIpc) is 3.23. The Bertz CT molecular complexity index is 760. The van der Waals surface area contributed by atoms with Crippen LogP contribution in [-0.2, 0) is 11.8 Å². The maximum Gasteiger partial charge on any atom is 0.255 e. The summed E-state index contributed by atoms with van der Waals surface area (Å²) >= 11 is 0. The van der Waals surface area contributed by atoms with Crippen LogP contribution in [0.2, 0.25) is 0 Å². The van der Waals surface area contributed by atoms with E-state index in [1.54, 1.807) is 6.20 Å². The minimum atomic E-state index is -0.0805. The lowest BCUT2D eigenvalue weighted by molar-refractivity contribution is -0.0388. The summed E-state index contributed by atoms with van der Waals surface area (Å²) < 4.78 is 8.06. The standard InChI is InChI=1S/C19H24N4O2/c1-14-3-4-15(10-20-14)18(24)23-7-5-19(6-8-23)9-16(13-25-19)17-11-21-22(2)12-17/h3-4,10-12,16H,5-9,13H2,1-2H3/t16-/m1/s1. The predicted molar refractivity (Wildman–Crippen MR) is 93.4 cm³/mol. The van der Waals surface area contributed by atoms with Crippen molar-refractivity contribution in [3.05, 3.63) is 47.5 Å². The molecule has 0 radical (unpaired) electrons. The zero-order valence-electron chi connectivity index (χ0n) is 14.8. The van der Waals surface area contributed by atoms with Crippen molar-refractivity contribution in [1.29, 1.82) is 0 Å². The van der Waals surface area contributed by atoms with Gasteiger partial charge in [0.15, 0.2) is 0 Å². The molecule has 25 heavy (non-hydrogen) atoms. The molecular weight excluding hydrogens is 316 g/mol. The van der Waals surface area contributed by atoms with E-state index in [0.29, 0.717) is 11.5 Å². The molecule has 132 valence electrons. The molecule has 4 rings (SSSR count). The Morgan fingerprint density at radius 1 is 1.28 bits per heavy atom. The second-order valence-electron chi connectivity index (χ2n) is 7.32. The number of rotatable bonds is 2. The highest BCUT2D eigenvalue weighted by Crippen LogP contribution is 2.42. The number of carbonyl (C=O) groups is 1. The van der Waals surface area contributed by atoms with Gasteiger partial charge in [-0.3, -0.25) is 14.5 Å². The molecule has 2 fully saturated rings. The van der Waals surface area contributed by atoms with E-state index in [9.17, 15) is 4.79 Å². The number of aromatic nitrogens is 3. The fourth-order valence-electron chi connectivity index (χ4n) is 3.95. The number of ether oxygens (including phenoxy) is 1. The SMILES string of the molecule is Cc1ccc(C(=O)N2CCC3(CC2)C[C@@H](c2cnn(C)c2)CO3)cn1. The fraction of sp³-hybridized carbons (Fsp3) is 0.526. The lowest BCUT2D eigenvalue weighted by Gasteiger charge is -2.38. The van der Waals surface area contributed by atoms with Crippen LogP contribution >= 0.6 is 0 Å². The summed E-state index contributed by atoms with van der Waals surface area (Å²) in [5.74, 6) is 0.487. The molecule has 2 aromatic heterocycles. The van der Waals surface area contributed by atoms with E-state index in [0.717, 1.165) is 44.7 Å². The van der Waals surface area contributed by atoms with Gasteiger partial charge in [0.1, 0.15) is 0 Å². The number of piperidine rings is 1. The molecule has 1 atom stereocenters. The Hall–Kier alpha value is -2.21. The van der Waals surface area contributed by atoms with Gasteiger partial charge in [0, 0.05) is 44.1 Å². The number of hydrogen-bond acceptors (Lipinski definition) is 4. The molecule has 6 heteroatoms. The monoisotopic (exact) mass is 340 g/mol. The molecule has 0 N–H and O–H groups in total. The lowest BCUT2D eigenvalue weighted by Crippen LogP contribution is -2.46. The Morgan fingerprint density at radius 3 is 2.72 bits per heavy atom. The van der Waals surface area contributed by atoms with E-state index in [1.807, 2.05) is 41.9 Å². The van der Waals surface area contributed by atoms with Gasteiger partial charge in [-0.2, -0.15) is 5.10 Å². The third kappa shape index (κ3) is 3.18. The summed E-state index contributed by atoms with van der Waals surface area (Å²) in [6.45, 7) is 4.16. The van der Waals surface area contributed by atoms with Gasteiger partial charge in [-0.05, 0) is 43.9 Å². The molecule has 6 nitrogen and oxygen atoms in total. The van der Waals surface area contributed by atoms with Crippen molar-refractivity contribution in [1.82, 2.24) is 19.7 Å². The quantitative estimate of drug-likeness (QED) is 0.842. The van der Waals surface area contributed by atoms with Gasteiger partial charge in [-0.1, -0.05) is 0 Å². The summed E-state index contributed by atoms with van der Waals surface area (Å²) in [5, 5.41) is 4.27. The number of nitrogens with zero attached hydrogens (tertiary/aromatic N) is 4. The largest absolute Gasteiger partial charge is 0.374 e. The number of pyridine rings is 1. The summed E-state index contributed by atoms with van der Waals surface area (Å²) in [5.41, 5.74) is 2.77. The van der Waals surface area contributed by atoms with Crippen LogP contribution in [0.1, 0.15) is 46.8 Å². The number of hydrogen-bond donors (Lipinski definition) is 0. The van der Waals surface area contributed by atoms with Crippen LogP contribution in [0.5, 0.6) is 0 Å². The summed E-state index contributed by atoms with van der Waals surface area (Å²) in [7, 11) is 1.94. The van der Waals surface area contributed by atoms with Crippen LogP contribution in [0.3, 0.4) is 0 Å². The highest BCUT2D eigenvalue weighted by Gasteiger charge is 2.44. The number of carbonyl (C=O) groups excluding carboxylic acids is 1. The Balaban J connectivity index is 1.38. The molecule has 0 unspecified atom stereocenters. The number of amides is 1. The third-order valence-electron chi connectivity index (χ3n) is 5.53. The summed E-state index contributed by atoms with van der Waals surface area (Å²) in [6.07, 6.45) is 8.51. The first kappa shape index (κ1) is 16.3. The number of likely N-dealkylation sites (tertiary alicyclic amines) is 1. The van der Waals surface area contributed by atoms with Crippen molar-refractivity contribution in [3.63, 3.8) is 0 Å². The van der Waals surface area contributed by atoms with Crippen LogP contribution in [0.4, 0.5) is 0 Å². The molecule has 1 spiro atoms. The van der Waals surface area contributed by atoms with Gasteiger partial charge in [0.25, 0.3) is 5.91 Å². The maximum atomic E-state index is 12.6. The molecule has 2 saturated heterocycles. The third-order valence-corrected chi connectivity index (χ3v) is 5.53. The summed E-state index contributed by atoms with van der Waals surface area (Å²) in [4.78, 5) is 18.8. The van der Waals surface area contributed by atoms with Crippen LogP contribution in [0.15, 0.2) is 30.7 Å². The zero-order valence-corrected chi connectivity index (χ0v) is 14.8. The maximum absolute atomic E-state index is 12.6. The fourth-order valence-corrected chi connectivity index (χ4v) is 3.95. The minimum Gasteiger partial charge on any atom is -0.374 e. The van der Waals surface area contributed by atoms with E-state index < -0.39 is 0 Å². The lowest BCUT2D eigenvalue weighted by atomic mass is 9.84. The van der Waals surface area contributed by atoms with Crippen molar-refractivity contribution in [3.8, 4) is 0 Å². The van der Waals surface area contributed by atoms with E-state index in [1.165, 1.54) is 5.56 Å². The van der Waals surface area contributed by atoms with Crippen molar-refractivity contribution < 1.29 is 9.53 Å². The Labute approximate surface area is 147 Å². The van der Waals surface area contributed by atoms with Crippen molar-refractivity contribution in [2.75, 3.05) is 19.7 Å². The second kappa shape index (κ2) is 6.26. The highest BCUT2D eigenvalue weighted by atomic mass is 16.5. The Morgan fingerprint density at radius 2 is 2.08 bits per heavy atom. The molecule has 4 heterocycles. The van der Waals surface area contributed by atoms with Gasteiger partial charge in [-0.25, -0.2) is 0 Å². The first-order valence-corrected chi connectivity index (χ1v) is 8.89. The second-order valence-corrected chi connectivity index (χ2v) is 7.32. The Kier molecular flexibility index (Phi) is 4.07. The van der Waals surface area contributed by atoms with Crippen LogP contribution in [0, 0.1) is 6.92 Å². The van der Waals surface area contributed by atoms with Gasteiger partial charge >= 0.3 is 0 Å². The van der Waals surface area contributed by atoms with Crippen molar-refractivity contribution >= 4 is 5.91 Å². The number of aryl methyl sites for hydroxylation is 2. The first-order chi connectivity index (χ1) is 12.0. The minimum absolute atomic E-state index is 0.0733. The van der Waals surface area contributed by atoms with Crippen LogP contribution in [-0.4, -0.2) is 50.9 Å². The van der Waals surface area contributed by atoms with Gasteiger partial charge in [0.2, 0.25) is 0 Å². The smallest absolute Gasteiger partial charge is 0.255 e. The molecule has 0 aliphatic carbocycles. The van der Waals surface area contributed by atoms with Gasteiger partial charge in [0.05, 0.1) is 24.0 Å². The van der Waals surface area contributed by atoms with Gasteiger partial charge < -0.3 is 9.64 Å². The first-order valence-electron chi connectivity index (χ1n) is 8.89. The van der Waals surface area contributed by atoms with Crippen LogP contribution < -0.4 is 0 Å². The molecule has 0 bridgehead atoms.